The van der Waals surface area contributed by atoms with E-state index in [1.807, 2.05) is 6.92 Å². The van der Waals surface area contributed by atoms with Gasteiger partial charge in [-0.15, -0.1) is 0 Å². The molecule has 70 valence electrons. The van der Waals surface area contributed by atoms with E-state index in [4.69, 9.17) is 14.8 Å². The molecule has 0 saturated heterocycles. The number of aromatic nitrogens is 1. The number of ether oxygens (including phenoxy) is 1. The first-order valence-corrected chi connectivity index (χ1v) is 4.10. The Morgan fingerprint density at radius 3 is 2.69 bits per heavy atom. The zero-order valence-corrected chi connectivity index (χ0v) is 7.69. The molecule has 1 heterocycles. The maximum atomic E-state index is 8.90. The highest BCUT2D eigenvalue weighted by molar-refractivity contribution is 6.59. The molecule has 0 saturated carbocycles. The number of hydrogen-bond donors (Lipinski definition) is 2. The summed E-state index contributed by atoms with van der Waals surface area (Å²) in [7, 11) is -1.47. The fraction of sp³-hybridized carbons (Fsp3) is 0.375. The molecule has 0 spiro atoms. The van der Waals surface area contributed by atoms with E-state index in [2.05, 4.69) is 4.98 Å². The minimum Gasteiger partial charge on any atom is -0.478 e. The van der Waals surface area contributed by atoms with Gasteiger partial charge < -0.3 is 14.8 Å². The molecule has 0 radical (unpaired) electrons. The molecule has 0 aliphatic rings. The summed E-state index contributed by atoms with van der Waals surface area (Å²) in [6.45, 7) is 4.19. The second kappa shape index (κ2) is 4.25. The van der Waals surface area contributed by atoms with Crippen LogP contribution in [0.15, 0.2) is 12.3 Å². The lowest BCUT2D eigenvalue weighted by molar-refractivity contribution is 0.326. The van der Waals surface area contributed by atoms with Gasteiger partial charge in [0.15, 0.2) is 0 Å². The summed E-state index contributed by atoms with van der Waals surface area (Å²) >= 11 is 0. The van der Waals surface area contributed by atoms with Gasteiger partial charge in [0.05, 0.1) is 6.61 Å². The highest BCUT2D eigenvalue weighted by atomic mass is 16.5. The fourth-order valence-electron chi connectivity index (χ4n) is 1.04. The van der Waals surface area contributed by atoms with Gasteiger partial charge in [-0.3, -0.25) is 0 Å². The highest BCUT2D eigenvalue weighted by Gasteiger charge is 2.14. The van der Waals surface area contributed by atoms with E-state index in [0.717, 1.165) is 5.56 Å². The van der Waals surface area contributed by atoms with Gasteiger partial charge in [0, 0.05) is 17.7 Å². The number of pyridine rings is 1. The molecule has 0 aromatic carbocycles. The first-order valence-electron chi connectivity index (χ1n) is 4.10. The zero-order valence-electron chi connectivity index (χ0n) is 7.69. The van der Waals surface area contributed by atoms with Crippen LogP contribution >= 0.6 is 0 Å². The molecule has 1 aromatic heterocycles. The van der Waals surface area contributed by atoms with Crippen molar-refractivity contribution >= 4 is 12.6 Å². The molecule has 5 heteroatoms. The number of hydrogen-bond acceptors (Lipinski definition) is 4. The SMILES string of the molecule is CCOc1cc(C)c(B(O)O)cn1. The maximum Gasteiger partial charge on any atom is 0.490 e. The van der Waals surface area contributed by atoms with Gasteiger partial charge in [0.1, 0.15) is 0 Å². The Morgan fingerprint density at radius 2 is 2.23 bits per heavy atom. The van der Waals surface area contributed by atoms with Crippen LogP contribution in [0.3, 0.4) is 0 Å². The Labute approximate surface area is 77.3 Å². The lowest BCUT2D eigenvalue weighted by atomic mass is 9.79. The second-order valence-electron chi connectivity index (χ2n) is 2.69. The van der Waals surface area contributed by atoms with Crippen molar-refractivity contribution in [3.63, 3.8) is 0 Å². The summed E-state index contributed by atoms with van der Waals surface area (Å²) in [5.74, 6) is 0.504. The molecular weight excluding hydrogens is 169 g/mol. The van der Waals surface area contributed by atoms with E-state index in [1.165, 1.54) is 6.20 Å². The highest BCUT2D eigenvalue weighted by Crippen LogP contribution is 2.06. The standard InChI is InChI=1S/C8H12BNO3/c1-3-13-8-4-6(2)7(5-10-8)9(11)12/h4-5,11-12H,3H2,1-2H3. The molecule has 0 atom stereocenters. The predicted molar refractivity (Wildman–Crippen MR) is 50.0 cm³/mol. The van der Waals surface area contributed by atoms with Gasteiger partial charge in [0.2, 0.25) is 5.88 Å². The Bertz CT molecular complexity index is 291. The van der Waals surface area contributed by atoms with Gasteiger partial charge in [-0.05, 0) is 19.4 Å². The van der Waals surface area contributed by atoms with Crippen molar-refractivity contribution in [1.82, 2.24) is 4.98 Å². The van der Waals surface area contributed by atoms with Gasteiger partial charge >= 0.3 is 7.12 Å². The van der Waals surface area contributed by atoms with Gasteiger partial charge in [-0.25, -0.2) is 4.98 Å². The molecule has 2 N–H and O–H groups in total. The summed E-state index contributed by atoms with van der Waals surface area (Å²) in [6, 6.07) is 1.68. The Balaban J connectivity index is 2.92. The molecule has 1 aromatic rings. The van der Waals surface area contributed by atoms with E-state index in [0.29, 0.717) is 17.9 Å². The van der Waals surface area contributed by atoms with Gasteiger partial charge in [-0.1, -0.05) is 0 Å². The van der Waals surface area contributed by atoms with Crippen LogP contribution in [0.25, 0.3) is 0 Å². The smallest absolute Gasteiger partial charge is 0.478 e. The first kappa shape index (κ1) is 10.0. The average Bonchev–Trinajstić information content (AvgIpc) is 2.04. The van der Waals surface area contributed by atoms with E-state index >= 15 is 0 Å². The maximum absolute atomic E-state index is 8.90. The van der Waals surface area contributed by atoms with Crippen molar-refractivity contribution < 1.29 is 14.8 Å². The number of rotatable bonds is 3. The van der Waals surface area contributed by atoms with Crippen LogP contribution in [-0.2, 0) is 0 Å². The van der Waals surface area contributed by atoms with Gasteiger partial charge in [0.25, 0.3) is 0 Å². The third-order valence-electron chi connectivity index (χ3n) is 1.70. The Morgan fingerprint density at radius 1 is 1.54 bits per heavy atom. The third kappa shape index (κ3) is 2.43. The second-order valence-corrected chi connectivity index (χ2v) is 2.69. The quantitative estimate of drug-likeness (QED) is 0.615. The van der Waals surface area contributed by atoms with Crippen LogP contribution in [0, 0.1) is 6.92 Å². The summed E-state index contributed by atoms with van der Waals surface area (Å²) in [4.78, 5) is 3.91. The van der Waals surface area contributed by atoms with Crippen LogP contribution < -0.4 is 10.2 Å². The summed E-state index contributed by atoms with van der Waals surface area (Å²) in [6.07, 6.45) is 1.41. The van der Waals surface area contributed by atoms with Crippen molar-refractivity contribution in [2.45, 2.75) is 13.8 Å². The number of aryl methyl sites for hydroxylation is 1. The van der Waals surface area contributed by atoms with Crippen LogP contribution in [0.4, 0.5) is 0 Å². The molecule has 13 heavy (non-hydrogen) atoms. The lowest BCUT2D eigenvalue weighted by Crippen LogP contribution is -2.32. The third-order valence-corrected chi connectivity index (χ3v) is 1.70. The van der Waals surface area contributed by atoms with Crippen LogP contribution in [0.1, 0.15) is 12.5 Å². The normalized spacial score (nSPS) is 9.85. The molecule has 1 rings (SSSR count). The van der Waals surface area contributed by atoms with Crippen molar-refractivity contribution in [1.29, 1.82) is 0 Å². The minimum atomic E-state index is -1.47. The molecule has 0 amide bonds. The molecule has 0 aliphatic carbocycles. The Hall–Kier alpha value is -1.07. The van der Waals surface area contributed by atoms with E-state index in [-0.39, 0.29) is 0 Å². The van der Waals surface area contributed by atoms with E-state index < -0.39 is 7.12 Å². The lowest BCUT2D eigenvalue weighted by Gasteiger charge is -2.06. The largest absolute Gasteiger partial charge is 0.490 e. The molecule has 0 fully saturated rings. The molecule has 0 bridgehead atoms. The van der Waals surface area contributed by atoms with Crippen LogP contribution in [0.2, 0.25) is 0 Å². The monoisotopic (exact) mass is 181 g/mol. The van der Waals surface area contributed by atoms with Crippen LogP contribution in [0.5, 0.6) is 5.88 Å². The Kier molecular flexibility index (Phi) is 3.28. The predicted octanol–water partition coefficient (Wildman–Crippen LogP) is -0.531. The van der Waals surface area contributed by atoms with Crippen molar-refractivity contribution in [2.75, 3.05) is 6.61 Å². The molecule has 4 nitrogen and oxygen atoms in total. The average molecular weight is 181 g/mol. The zero-order chi connectivity index (χ0) is 9.84. The molecule has 0 unspecified atom stereocenters. The molecule has 0 aliphatic heterocycles. The van der Waals surface area contributed by atoms with E-state index in [9.17, 15) is 0 Å². The number of nitrogens with zero attached hydrogens (tertiary/aromatic N) is 1. The summed E-state index contributed by atoms with van der Waals surface area (Å²) < 4.78 is 5.15. The minimum absolute atomic E-state index is 0.406. The topological polar surface area (TPSA) is 62.6 Å². The fourth-order valence-corrected chi connectivity index (χ4v) is 1.04. The summed E-state index contributed by atoms with van der Waals surface area (Å²) in [5.41, 5.74) is 1.16. The first-order chi connectivity index (χ1) is 6.15. The van der Waals surface area contributed by atoms with Crippen molar-refractivity contribution in [3.8, 4) is 5.88 Å². The van der Waals surface area contributed by atoms with Crippen LogP contribution in [-0.4, -0.2) is 28.8 Å². The molecular formula is C8H12BNO3. The van der Waals surface area contributed by atoms with Gasteiger partial charge in [-0.2, -0.15) is 0 Å². The van der Waals surface area contributed by atoms with Crippen molar-refractivity contribution in [2.24, 2.45) is 0 Å². The van der Waals surface area contributed by atoms with E-state index in [1.54, 1.807) is 13.0 Å². The van der Waals surface area contributed by atoms with Crippen molar-refractivity contribution in [3.05, 3.63) is 17.8 Å². The summed E-state index contributed by atoms with van der Waals surface area (Å²) in [5, 5.41) is 17.8.